The van der Waals surface area contributed by atoms with Crippen molar-refractivity contribution in [2.75, 3.05) is 19.8 Å². The van der Waals surface area contributed by atoms with Gasteiger partial charge in [-0.15, -0.1) is 0 Å². The molecule has 122 valence electrons. The van der Waals surface area contributed by atoms with Crippen molar-refractivity contribution >= 4 is 0 Å². The summed E-state index contributed by atoms with van der Waals surface area (Å²) in [5, 5.41) is 7.96. The van der Waals surface area contributed by atoms with Gasteiger partial charge in [0.05, 0.1) is 5.69 Å². The molecule has 0 amide bonds. The van der Waals surface area contributed by atoms with Gasteiger partial charge in [-0.1, -0.05) is 6.92 Å². The van der Waals surface area contributed by atoms with Crippen LogP contribution in [-0.2, 0) is 11.2 Å². The molecule has 0 bridgehead atoms. The lowest BCUT2D eigenvalue weighted by atomic mass is 10.1. The summed E-state index contributed by atoms with van der Waals surface area (Å²) in [5.74, 6) is 0. The number of nitrogens with zero attached hydrogens (tertiary/aromatic N) is 2. The fraction of sp³-hybridized carbons (Fsp3) is 0.800. The van der Waals surface area contributed by atoms with E-state index in [0.717, 1.165) is 25.1 Å². The van der Waals surface area contributed by atoms with Crippen LogP contribution in [-0.4, -0.2) is 42.0 Å². The SMILES string of the molecule is CCCNC(CCOCC(F)F)Cc1ccn(C(C)C)n1. The van der Waals surface area contributed by atoms with Gasteiger partial charge in [0.1, 0.15) is 6.61 Å². The largest absolute Gasteiger partial charge is 0.375 e. The average molecular weight is 303 g/mol. The zero-order chi connectivity index (χ0) is 15.7. The Morgan fingerprint density at radius 2 is 2.14 bits per heavy atom. The smallest absolute Gasteiger partial charge is 0.261 e. The van der Waals surface area contributed by atoms with Crippen molar-refractivity contribution in [2.24, 2.45) is 0 Å². The Morgan fingerprint density at radius 1 is 1.38 bits per heavy atom. The normalized spacial score (nSPS) is 13.3. The summed E-state index contributed by atoms with van der Waals surface area (Å²) in [5.41, 5.74) is 1.02. The first-order valence-corrected chi connectivity index (χ1v) is 7.66. The monoisotopic (exact) mass is 303 g/mol. The third kappa shape index (κ3) is 7.52. The Kier molecular flexibility index (Phi) is 8.45. The van der Waals surface area contributed by atoms with Gasteiger partial charge >= 0.3 is 0 Å². The Labute approximate surface area is 125 Å². The number of hydrogen-bond donors (Lipinski definition) is 1. The minimum atomic E-state index is -2.39. The van der Waals surface area contributed by atoms with Crippen LogP contribution in [0.4, 0.5) is 8.78 Å². The van der Waals surface area contributed by atoms with Crippen LogP contribution in [0.3, 0.4) is 0 Å². The predicted octanol–water partition coefficient (Wildman–Crippen LogP) is 3.05. The van der Waals surface area contributed by atoms with Gasteiger partial charge in [0, 0.05) is 31.3 Å². The second kappa shape index (κ2) is 9.84. The van der Waals surface area contributed by atoms with Gasteiger partial charge in [0.2, 0.25) is 0 Å². The Morgan fingerprint density at radius 3 is 2.71 bits per heavy atom. The lowest BCUT2D eigenvalue weighted by Gasteiger charge is -2.17. The number of rotatable bonds is 11. The molecule has 1 unspecified atom stereocenters. The third-order valence-electron chi connectivity index (χ3n) is 3.19. The van der Waals surface area contributed by atoms with Gasteiger partial charge in [-0.2, -0.15) is 5.10 Å². The summed E-state index contributed by atoms with van der Waals surface area (Å²) >= 11 is 0. The molecule has 0 aliphatic carbocycles. The summed E-state index contributed by atoms with van der Waals surface area (Å²) < 4.78 is 31.0. The van der Waals surface area contributed by atoms with Crippen LogP contribution in [0.15, 0.2) is 12.3 Å². The first-order valence-electron chi connectivity index (χ1n) is 7.66. The number of ether oxygens (including phenoxy) is 1. The lowest BCUT2D eigenvalue weighted by Crippen LogP contribution is -2.33. The van der Waals surface area contributed by atoms with Crippen molar-refractivity contribution in [3.8, 4) is 0 Å². The van der Waals surface area contributed by atoms with Crippen molar-refractivity contribution in [1.29, 1.82) is 0 Å². The third-order valence-corrected chi connectivity index (χ3v) is 3.19. The lowest BCUT2D eigenvalue weighted by molar-refractivity contribution is 0.0144. The molecule has 1 heterocycles. The predicted molar refractivity (Wildman–Crippen MR) is 79.8 cm³/mol. The van der Waals surface area contributed by atoms with E-state index in [2.05, 4.69) is 31.2 Å². The minimum Gasteiger partial charge on any atom is -0.375 e. The molecule has 1 rings (SSSR count). The van der Waals surface area contributed by atoms with Gasteiger partial charge < -0.3 is 10.1 Å². The van der Waals surface area contributed by atoms with Crippen LogP contribution in [0.1, 0.15) is 45.3 Å². The zero-order valence-corrected chi connectivity index (χ0v) is 13.2. The van der Waals surface area contributed by atoms with E-state index in [0.29, 0.717) is 19.1 Å². The molecule has 0 aromatic carbocycles. The maximum atomic E-state index is 12.0. The summed E-state index contributed by atoms with van der Waals surface area (Å²) in [6.07, 6.45) is 2.12. The highest BCUT2D eigenvalue weighted by atomic mass is 19.3. The molecule has 21 heavy (non-hydrogen) atoms. The van der Waals surface area contributed by atoms with E-state index in [1.54, 1.807) is 0 Å². The quantitative estimate of drug-likeness (QED) is 0.639. The number of halogens is 2. The van der Waals surface area contributed by atoms with Gasteiger partial charge in [-0.3, -0.25) is 4.68 Å². The molecule has 0 saturated heterocycles. The van der Waals surface area contributed by atoms with Crippen LogP contribution in [0.2, 0.25) is 0 Å². The summed E-state index contributed by atoms with van der Waals surface area (Å²) in [6, 6.07) is 2.56. The maximum absolute atomic E-state index is 12.0. The van der Waals surface area contributed by atoms with E-state index < -0.39 is 13.0 Å². The van der Waals surface area contributed by atoms with E-state index in [-0.39, 0.29) is 6.04 Å². The molecule has 1 N–H and O–H groups in total. The van der Waals surface area contributed by atoms with Crippen molar-refractivity contribution in [3.05, 3.63) is 18.0 Å². The molecule has 1 aromatic rings. The number of alkyl halides is 2. The molecule has 0 spiro atoms. The van der Waals surface area contributed by atoms with Crippen molar-refractivity contribution in [3.63, 3.8) is 0 Å². The fourth-order valence-corrected chi connectivity index (χ4v) is 2.05. The molecule has 0 aliphatic rings. The average Bonchev–Trinajstić information content (AvgIpc) is 2.89. The highest BCUT2D eigenvalue weighted by Crippen LogP contribution is 2.08. The van der Waals surface area contributed by atoms with Gasteiger partial charge in [0.25, 0.3) is 6.43 Å². The van der Waals surface area contributed by atoms with Crippen molar-refractivity contribution < 1.29 is 13.5 Å². The topological polar surface area (TPSA) is 39.1 Å². The number of aromatic nitrogens is 2. The van der Waals surface area contributed by atoms with Crippen LogP contribution < -0.4 is 5.32 Å². The summed E-state index contributed by atoms with van der Waals surface area (Å²) in [6.45, 7) is 7.04. The van der Waals surface area contributed by atoms with Gasteiger partial charge in [-0.05, 0) is 39.3 Å². The van der Waals surface area contributed by atoms with E-state index in [9.17, 15) is 8.78 Å². The first kappa shape index (κ1) is 18.0. The zero-order valence-electron chi connectivity index (χ0n) is 13.2. The van der Waals surface area contributed by atoms with Gasteiger partial charge in [-0.25, -0.2) is 8.78 Å². The minimum absolute atomic E-state index is 0.207. The molecule has 0 fully saturated rings. The van der Waals surface area contributed by atoms with Crippen molar-refractivity contribution in [1.82, 2.24) is 15.1 Å². The second-order valence-corrected chi connectivity index (χ2v) is 5.49. The molecule has 1 atom stereocenters. The maximum Gasteiger partial charge on any atom is 0.261 e. The molecule has 0 saturated carbocycles. The highest BCUT2D eigenvalue weighted by Gasteiger charge is 2.12. The van der Waals surface area contributed by atoms with E-state index in [1.165, 1.54) is 0 Å². The Balaban J connectivity index is 2.43. The van der Waals surface area contributed by atoms with E-state index >= 15 is 0 Å². The number of nitrogens with one attached hydrogen (secondary N) is 1. The Hall–Kier alpha value is -1.01. The molecule has 1 aromatic heterocycles. The van der Waals surface area contributed by atoms with Crippen molar-refractivity contribution in [2.45, 2.75) is 58.5 Å². The first-order chi connectivity index (χ1) is 10.0. The van der Waals surface area contributed by atoms with E-state index in [4.69, 9.17) is 4.74 Å². The molecule has 0 radical (unpaired) electrons. The Bertz CT molecular complexity index is 383. The van der Waals surface area contributed by atoms with E-state index in [1.807, 2.05) is 16.9 Å². The van der Waals surface area contributed by atoms with Crippen LogP contribution in [0.5, 0.6) is 0 Å². The molecule has 4 nitrogen and oxygen atoms in total. The highest BCUT2D eigenvalue weighted by molar-refractivity contribution is 5.02. The summed E-state index contributed by atoms with van der Waals surface area (Å²) in [7, 11) is 0. The standard InChI is InChI=1S/C15H27F2N3O/c1-4-7-18-13(6-9-21-11-15(16)17)10-14-5-8-20(19-14)12(2)3/h5,8,12-13,15,18H,4,6-7,9-11H2,1-3H3. The van der Waals surface area contributed by atoms with Crippen LogP contribution >= 0.6 is 0 Å². The molecular weight excluding hydrogens is 276 g/mol. The molecule has 0 aliphatic heterocycles. The fourth-order valence-electron chi connectivity index (χ4n) is 2.05. The molecular formula is C15H27F2N3O. The number of hydrogen-bond acceptors (Lipinski definition) is 3. The molecule has 6 heteroatoms. The van der Waals surface area contributed by atoms with Crippen LogP contribution in [0.25, 0.3) is 0 Å². The van der Waals surface area contributed by atoms with Crippen LogP contribution in [0, 0.1) is 0 Å². The van der Waals surface area contributed by atoms with Gasteiger partial charge in [0.15, 0.2) is 0 Å². The summed E-state index contributed by atoms with van der Waals surface area (Å²) in [4.78, 5) is 0. The second-order valence-electron chi connectivity index (χ2n) is 5.49.